The molecule has 9 heteroatoms. The van der Waals surface area contributed by atoms with Crippen molar-refractivity contribution in [3.8, 4) is 5.75 Å². The molecule has 0 saturated carbocycles. The highest BCUT2D eigenvalue weighted by atomic mass is 16.6. The average molecular weight is 493 g/mol. The number of Topliss-reactive ketones (excluding diaryl/α,β-unsaturated/α-hetero) is 1. The number of carbonyl (C=O) groups is 2. The third-order valence-corrected chi connectivity index (χ3v) is 6.56. The van der Waals surface area contributed by atoms with Gasteiger partial charge in [0.05, 0.1) is 24.2 Å². The minimum absolute atomic E-state index is 0.0451. The minimum Gasteiger partial charge on any atom is -0.496 e. The molecule has 188 valence electrons. The molecule has 2 aromatic rings. The number of hydrogen-bond acceptors (Lipinski definition) is 8. The number of para-hydroxylation sites is 1. The Morgan fingerprint density at radius 3 is 2.61 bits per heavy atom. The molecule has 0 aromatic heterocycles. The van der Waals surface area contributed by atoms with Gasteiger partial charge in [-0.1, -0.05) is 30.3 Å². The van der Waals surface area contributed by atoms with Crippen LogP contribution in [0.15, 0.2) is 71.1 Å². The first-order valence-electron chi connectivity index (χ1n) is 11.6. The van der Waals surface area contributed by atoms with Crippen molar-refractivity contribution in [1.82, 2.24) is 5.32 Å². The molecule has 9 nitrogen and oxygen atoms in total. The summed E-state index contributed by atoms with van der Waals surface area (Å²) in [7, 11) is 3.10. The number of dihydropyridines is 1. The summed E-state index contributed by atoms with van der Waals surface area (Å²) in [6.45, 7) is 2.02. The van der Waals surface area contributed by atoms with E-state index in [2.05, 4.69) is 5.32 Å². The van der Waals surface area contributed by atoms with Gasteiger partial charge >= 0.3 is 5.97 Å². The smallest absolute Gasteiger partial charge is 0.336 e. The first-order chi connectivity index (χ1) is 17.3. The molecule has 0 bridgehead atoms. The summed E-state index contributed by atoms with van der Waals surface area (Å²) in [6.07, 6.45) is 0.744. The van der Waals surface area contributed by atoms with Crippen LogP contribution in [-0.2, 0) is 19.1 Å². The highest BCUT2D eigenvalue weighted by molar-refractivity contribution is 6.04. The monoisotopic (exact) mass is 492 g/mol. The van der Waals surface area contributed by atoms with Gasteiger partial charge in [0.1, 0.15) is 12.4 Å². The topological polar surface area (TPSA) is 117 Å². The van der Waals surface area contributed by atoms with Crippen molar-refractivity contribution in [3.05, 3.63) is 92.3 Å². The summed E-state index contributed by atoms with van der Waals surface area (Å²) >= 11 is 0. The van der Waals surface area contributed by atoms with Crippen molar-refractivity contribution >= 4 is 17.4 Å². The highest BCUT2D eigenvalue weighted by Crippen LogP contribution is 2.47. The predicted molar refractivity (Wildman–Crippen MR) is 132 cm³/mol. The second-order valence-electron chi connectivity index (χ2n) is 8.74. The number of nitrogens with one attached hydrogen (secondary N) is 1. The number of hydrogen-bond donors (Lipinski definition) is 1. The Morgan fingerprint density at radius 2 is 1.89 bits per heavy atom. The zero-order valence-corrected chi connectivity index (χ0v) is 20.4. The first kappa shape index (κ1) is 25.1. The van der Waals surface area contributed by atoms with E-state index in [0.29, 0.717) is 34.7 Å². The van der Waals surface area contributed by atoms with Crippen molar-refractivity contribution in [1.29, 1.82) is 0 Å². The van der Waals surface area contributed by atoms with E-state index < -0.39 is 16.8 Å². The fraction of sp³-hybridized carbons (Fsp3) is 0.333. The maximum Gasteiger partial charge on any atom is 0.336 e. The fourth-order valence-corrected chi connectivity index (χ4v) is 4.98. The lowest BCUT2D eigenvalue weighted by atomic mass is 9.71. The quantitative estimate of drug-likeness (QED) is 0.253. The van der Waals surface area contributed by atoms with E-state index in [9.17, 15) is 19.7 Å². The van der Waals surface area contributed by atoms with Crippen LogP contribution in [0.4, 0.5) is 5.69 Å². The Labute approximate surface area is 208 Å². The summed E-state index contributed by atoms with van der Waals surface area (Å²) in [5.41, 5.74) is 3.24. The van der Waals surface area contributed by atoms with E-state index in [-0.39, 0.29) is 42.6 Å². The molecule has 2 aliphatic rings. The van der Waals surface area contributed by atoms with Gasteiger partial charge in [-0.25, -0.2) is 4.79 Å². The van der Waals surface area contributed by atoms with Crippen LogP contribution >= 0.6 is 0 Å². The normalized spacial score (nSPS) is 19.5. The first-order valence-corrected chi connectivity index (χ1v) is 11.6. The van der Waals surface area contributed by atoms with Gasteiger partial charge in [0.2, 0.25) is 0 Å². The standard InChI is InChI=1S/C27H28N2O7/c1-16-24(27(31)36-12-11-34-2)25(17-7-6-8-19(13-17)29(32)33)26-21(28-16)14-18(15-22(26)30)20-9-4-5-10-23(20)35-3/h4-10,13,18,25,28H,11-12,14-15H2,1-3H3. The predicted octanol–water partition coefficient (Wildman–Crippen LogP) is 4.15. The van der Waals surface area contributed by atoms with E-state index in [1.54, 1.807) is 26.2 Å². The van der Waals surface area contributed by atoms with E-state index >= 15 is 0 Å². The number of benzene rings is 2. The maximum absolute atomic E-state index is 13.7. The Hall–Kier alpha value is -3.98. The van der Waals surface area contributed by atoms with Crippen LogP contribution in [0.3, 0.4) is 0 Å². The second kappa shape index (κ2) is 10.7. The molecule has 1 aliphatic carbocycles. The Kier molecular flexibility index (Phi) is 7.49. The third kappa shape index (κ3) is 4.87. The van der Waals surface area contributed by atoms with Gasteiger partial charge in [0.15, 0.2) is 5.78 Å². The third-order valence-electron chi connectivity index (χ3n) is 6.56. The average Bonchev–Trinajstić information content (AvgIpc) is 2.87. The molecule has 0 radical (unpaired) electrons. The number of nitrogens with zero attached hydrogens (tertiary/aromatic N) is 1. The number of ketones is 1. The molecular formula is C27H28N2O7. The molecule has 4 rings (SSSR count). The van der Waals surface area contributed by atoms with Crippen LogP contribution in [0.25, 0.3) is 0 Å². The number of nitro benzene ring substituents is 1. The fourth-order valence-electron chi connectivity index (χ4n) is 4.98. The summed E-state index contributed by atoms with van der Waals surface area (Å²) in [5.74, 6) is -0.929. The number of ether oxygens (including phenoxy) is 3. The van der Waals surface area contributed by atoms with E-state index in [1.165, 1.54) is 19.2 Å². The van der Waals surface area contributed by atoms with Crippen LogP contribution in [0, 0.1) is 10.1 Å². The molecule has 2 unspecified atom stereocenters. The Balaban J connectivity index is 1.79. The minimum atomic E-state index is -0.790. The van der Waals surface area contributed by atoms with E-state index in [1.807, 2.05) is 24.3 Å². The van der Waals surface area contributed by atoms with Crippen LogP contribution in [-0.4, -0.2) is 44.1 Å². The zero-order chi connectivity index (χ0) is 25.8. The number of rotatable bonds is 8. The largest absolute Gasteiger partial charge is 0.496 e. The van der Waals surface area contributed by atoms with E-state index in [4.69, 9.17) is 14.2 Å². The second-order valence-corrected chi connectivity index (χ2v) is 8.74. The molecule has 36 heavy (non-hydrogen) atoms. The van der Waals surface area contributed by atoms with Gasteiger partial charge in [-0.05, 0) is 30.5 Å². The van der Waals surface area contributed by atoms with Gasteiger partial charge in [-0.3, -0.25) is 14.9 Å². The van der Waals surface area contributed by atoms with Gasteiger partial charge < -0.3 is 19.5 Å². The molecule has 0 saturated heterocycles. The number of esters is 1. The molecular weight excluding hydrogens is 464 g/mol. The molecule has 0 spiro atoms. The van der Waals surface area contributed by atoms with Crippen molar-refractivity contribution in [2.75, 3.05) is 27.4 Å². The zero-order valence-electron chi connectivity index (χ0n) is 20.4. The van der Waals surface area contributed by atoms with Crippen LogP contribution in [0.2, 0.25) is 0 Å². The Morgan fingerprint density at radius 1 is 1.11 bits per heavy atom. The molecule has 1 N–H and O–H groups in total. The summed E-state index contributed by atoms with van der Waals surface area (Å²) in [5, 5.41) is 14.8. The summed E-state index contributed by atoms with van der Waals surface area (Å²) in [4.78, 5) is 37.8. The van der Waals surface area contributed by atoms with Gasteiger partial charge in [0.25, 0.3) is 5.69 Å². The van der Waals surface area contributed by atoms with Gasteiger partial charge in [0, 0.05) is 54.5 Å². The van der Waals surface area contributed by atoms with Gasteiger partial charge in [-0.15, -0.1) is 0 Å². The number of non-ortho nitro benzene ring substituents is 1. The van der Waals surface area contributed by atoms with Crippen LogP contribution in [0.1, 0.15) is 42.7 Å². The highest BCUT2D eigenvalue weighted by Gasteiger charge is 2.42. The van der Waals surface area contributed by atoms with Crippen molar-refractivity contribution in [3.63, 3.8) is 0 Å². The lowest BCUT2D eigenvalue weighted by Gasteiger charge is -2.36. The number of methoxy groups -OCH3 is 2. The molecule has 2 atom stereocenters. The number of nitro groups is 1. The SMILES string of the molecule is COCCOC(=O)C1=C(C)NC2=C(C(=O)CC(c3ccccc3OC)C2)C1c1cccc([N+](=O)[O-])c1. The molecule has 2 aromatic carbocycles. The maximum atomic E-state index is 13.7. The molecule has 1 heterocycles. The van der Waals surface area contributed by atoms with Gasteiger partial charge in [-0.2, -0.15) is 0 Å². The van der Waals surface area contributed by atoms with E-state index in [0.717, 1.165) is 5.56 Å². The van der Waals surface area contributed by atoms with Crippen molar-refractivity contribution < 1.29 is 28.7 Å². The van der Waals surface area contributed by atoms with Crippen LogP contribution in [0.5, 0.6) is 5.75 Å². The molecule has 0 amide bonds. The number of allylic oxidation sites excluding steroid dienone is 3. The lowest BCUT2D eigenvalue weighted by Crippen LogP contribution is -2.36. The summed E-state index contributed by atoms with van der Waals surface area (Å²) in [6, 6.07) is 13.7. The molecule has 0 fully saturated rings. The summed E-state index contributed by atoms with van der Waals surface area (Å²) < 4.78 is 15.9. The van der Waals surface area contributed by atoms with Crippen molar-refractivity contribution in [2.45, 2.75) is 31.6 Å². The number of carbonyl (C=O) groups excluding carboxylic acids is 2. The van der Waals surface area contributed by atoms with Crippen molar-refractivity contribution in [2.24, 2.45) is 0 Å². The molecule has 1 aliphatic heterocycles. The Bertz CT molecular complexity index is 1260. The van der Waals surface area contributed by atoms with Crippen LogP contribution < -0.4 is 10.1 Å². The lowest BCUT2D eigenvalue weighted by molar-refractivity contribution is -0.384.